The molecule has 0 fully saturated rings. The van der Waals surface area contributed by atoms with Gasteiger partial charge in [0.1, 0.15) is 0 Å². The Balaban J connectivity index is 1.57. The van der Waals surface area contributed by atoms with Gasteiger partial charge in [0.25, 0.3) is 11.1 Å². The summed E-state index contributed by atoms with van der Waals surface area (Å²) >= 11 is 0.959. The number of nitrogens with zero attached hydrogens (tertiary/aromatic N) is 2. The summed E-state index contributed by atoms with van der Waals surface area (Å²) in [5.74, 6) is -0.0311. The van der Waals surface area contributed by atoms with E-state index in [-0.39, 0.29) is 22.6 Å². The first-order chi connectivity index (χ1) is 11.9. The van der Waals surface area contributed by atoms with Gasteiger partial charge in [0.2, 0.25) is 5.91 Å². The van der Waals surface area contributed by atoms with E-state index in [9.17, 15) is 18.0 Å². The number of halogens is 3. The molecule has 0 radical (unpaired) electrons. The highest BCUT2D eigenvalue weighted by Gasteiger charge is 2.30. The predicted octanol–water partition coefficient (Wildman–Crippen LogP) is 4.08. The largest absolute Gasteiger partial charge is 0.459 e. The number of aromatic nitrogens is 2. The summed E-state index contributed by atoms with van der Waals surface area (Å²) < 4.78 is 48.3. The molecule has 0 bridgehead atoms. The number of hydrogen-bond donors (Lipinski definition) is 1. The van der Waals surface area contributed by atoms with Crippen LogP contribution in [0.25, 0.3) is 11.7 Å². The Morgan fingerprint density at radius 1 is 1.20 bits per heavy atom. The van der Waals surface area contributed by atoms with Crippen LogP contribution in [0.3, 0.4) is 0 Å². The van der Waals surface area contributed by atoms with Gasteiger partial charge in [0.15, 0.2) is 5.76 Å². The summed E-state index contributed by atoms with van der Waals surface area (Å²) in [6.45, 7) is 0. The van der Waals surface area contributed by atoms with Crippen molar-refractivity contribution in [3.05, 3.63) is 48.2 Å². The molecule has 1 aromatic carbocycles. The number of nitrogens with one attached hydrogen (secondary N) is 1. The van der Waals surface area contributed by atoms with Gasteiger partial charge >= 0.3 is 6.18 Å². The van der Waals surface area contributed by atoms with Gasteiger partial charge < -0.3 is 14.2 Å². The Hall–Kier alpha value is -2.75. The number of carbonyl (C=O) groups is 1. The minimum atomic E-state index is -4.47. The van der Waals surface area contributed by atoms with Crippen LogP contribution in [-0.2, 0) is 11.0 Å². The Morgan fingerprint density at radius 2 is 2.04 bits per heavy atom. The van der Waals surface area contributed by atoms with Gasteiger partial charge in [-0.15, -0.1) is 10.2 Å². The van der Waals surface area contributed by atoms with Gasteiger partial charge in [-0.3, -0.25) is 4.79 Å². The van der Waals surface area contributed by atoms with E-state index in [1.54, 1.807) is 12.1 Å². The zero-order valence-electron chi connectivity index (χ0n) is 12.4. The van der Waals surface area contributed by atoms with Gasteiger partial charge in [-0.2, -0.15) is 13.2 Å². The Bertz CT molecular complexity index is 862. The number of hydrogen-bond acceptors (Lipinski definition) is 6. The van der Waals surface area contributed by atoms with E-state index in [2.05, 4.69) is 15.5 Å². The van der Waals surface area contributed by atoms with Crippen LogP contribution in [-0.4, -0.2) is 21.9 Å². The maximum atomic E-state index is 12.6. The van der Waals surface area contributed by atoms with Crippen molar-refractivity contribution in [2.45, 2.75) is 11.4 Å². The lowest BCUT2D eigenvalue weighted by Gasteiger charge is -2.09. The monoisotopic (exact) mass is 369 g/mol. The molecular formula is C15H10F3N3O3S. The quantitative estimate of drug-likeness (QED) is 0.683. The van der Waals surface area contributed by atoms with Crippen LogP contribution in [0.1, 0.15) is 5.56 Å². The highest BCUT2D eigenvalue weighted by Crippen LogP contribution is 2.30. The minimum absolute atomic E-state index is 0.0576. The van der Waals surface area contributed by atoms with E-state index in [0.717, 1.165) is 23.9 Å². The van der Waals surface area contributed by atoms with Crippen molar-refractivity contribution in [2.75, 3.05) is 11.1 Å². The second kappa shape index (κ2) is 7.01. The lowest BCUT2D eigenvalue weighted by Crippen LogP contribution is -2.15. The maximum Gasteiger partial charge on any atom is 0.416 e. The summed E-state index contributed by atoms with van der Waals surface area (Å²) in [6.07, 6.45) is -3.02. The van der Waals surface area contributed by atoms with Crippen molar-refractivity contribution in [3.8, 4) is 11.7 Å². The number of anilines is 1. The number of carbonyl (C=O) groups excluding carboxylic acids is 1. The summed E-state index contributed by atoms with van der Waals surface area (Å²) in [7, 11) is 0. The third-order valence-corrected chi connectivity index (χ3v) is 3.76. The molecular weight excluding hydrogens is 359 g/mol. The smallest absolute Gasteiger partial charge is 0.416 e. The van der Waals surface area contributed by atoms with Crippen LogP contribution in [0, 0.1) is 0 Å². The zero-order chi connectivity index (χ0) is 17.9. The number of alkyl halides is 3. The Labute approximate surface area is 143 Å². The SMILES string of the molecule is O=C(CSc1nnc(-c2ccco2)o1)Nc1cccc(C(F)(F)F)c1. The number of furan rings is 1. The van der Waals surface area contributed by atoms with Gasteiger partial charge in [0.05, 0.1) is 17.6 Å². The first-order valence-corrected chi connectivity index (χ1v) is 7.88. The number of rotatable bonds is 5. The van der Waals surface area contributed by atoms with Crippen molar-refractivity contribution >= 4 is 23.4 Å². The zero-order valence-corrected chi connectivity index (χ0v) is 13.2. The topological polar surface area (TPSA) is 81.2 Å². The van der Waals surface area contributed by atoms with Gasteiger partial charge in [-0.25, -0.2) is 0 Å². The average molecular weight is 369 g/mol. The molecule has 0 aliphatic carbocycles. The van der Waals surface area contributed by atoms with Crippen LogP contribution in [0.2, 0.25) is 0 Å². The predicted molar refractivity (Wildman–Crippen MR) is 82.8 cm³/mol. The van der Waals surface area contributed by atoms with Crippen molar-refractivity contribution in [2.24, 2.45) is 0 Å². The Kier molecular flexibility index (Phi) is 4.79. The molecule has 25 heavy (non-hydrogen) atoms. The van der Waals surface area contributed by atoms with Gasteiger partial charge in [-0.05, 0) is 30.3 Å². The fourth-order valence-electron chi connectivity index (χ4n) is 1.87. The third kappa shape index (κ3) is 4.41. The molecule has 10 heteroatoms. The van der Waals surface area contributed by atoms with Crippen LogP contribution in [0.4, 0.5) is 18.9 Å². The number of thioether (sulfide) groups is 1. The molecule has 0 aliphatic heterocycles. The molecule has 0 saturated carbocycles. The molecule has 1 N–H and O–H groups in total. The van der Waals surface area contributed by atoms with Crippen molar-refractivity contribution in [3.63, 3.8) is 0 Å². The molecule has 3 rings (SSSR count). The molecule has 6 nitrogen and oxygen atoms in total. The van der Waals surface area contributed by atoms with Crippen molar-refractivity contribution < 1.29 is 26.8 Å². The van der Waals surface area contributed by atoms with E-state index in [1.165, 1.54) is 18.4 Å². The van der Waals surface area contributed by atoms with E-state index in [4.69, 9.17) is 8.83 Å². The van der Waals surface area contributed by atoms with Crippen molar-refractivity contribution in [1.82, 2.24) is 10.2 Å². The highest BCUT2D eigenvalue weighted by atomic mass is 32.2. The molecule has 2 aromatic heterocycles. The van der Waals surface area contributed by atoms with E-state index in [0.29, 0.717) is 5.76 Å². The number of benzene rings is 1. The molecule has 3 aromatic rings. The van der Waals surface area contributed by atoms with Crippen LogP contribution >= 0.6 is 11.8 Å². The molecule has 130 valence electrons. The lowest BCUT2D eigenvalue weighted by atomic mass is 10.2. The van der Waals surface area contributed by atoms with Crippen LogP contribution in [0.15, 0.2) is 56.7 Å². The van der Waals surface area contributed by atoms with Gasteiger partial charge in [0, 0.05) is 5.69 Å². The van der Waals surface area contributed by atoms with E-state index >= 15 is 0 Å². The first kappa shape index (κ1) is 17.1. The van der Waals surface area contributed by atoms with Gasteiger partial charge in [-0.1, -0.05) is 17.8 Å². The summed E-state index contributed by atoms with van der Waals surface area (Å²) in [5, 5.41) is 10.1. The summed E-state index contributed by atoms with van der Waals surface area (Å²) in [4.78, 5) is 11.9. The summed E-state index contributed by atoms with van der Waals surface area (Å²) in [6, 6.07) is 7.69. The maximum absolute atomic E-state index is 12.6. The second-order valence-electron chi connectivity index (χ2n) is 4.77. The first-order valence-electron chi connectivity index (χ1n) is 6.89. The Morgan fingerprint density at radius 3 is 2.76 bits per heavy atom. The lowest BCUT2D eigenvalue weighted by molar-refractivity contribution is -0.137. The van der Waals surface area contributed by atoms with Crippen LogP contribution in [0.5, 0.6) is 0 Å². The molecule has 0 unspecified atom stereocenters. The van der Waals surface area contributed by atoms with Crippen LogP contribution < -0.4 is 5.32 Å². The standard InChI is InChI=1S/C15H10F3N3O3S/c16-15(17,18)9-3-1-4-10(7-9)19-12(22)8-25-14-21-20-13(24-14)11-5-2-6-23-11/h1-7H,8H2,(H,19,22). The van der Waals surface area contributed by atoms with E-state index < -0.39 is 17.6 Å². The molecule has 0 saturated heterocycles. The highest BCUT2D eigenvalue weighted by molar-refractivity contribution is 7.99. The van der Waals surface area contributed by atoms with Crippen molar-refractivity contribution in [1.29, 1.82) is 0 Å². The fraction of sp³-hybridized carbons (Fsp3) is 0.133. The summed E-state index contributed by atoms with van der Waals surface area (Å²) in [5.41, 5.74) is -0.778. The molecule has 0 atom stereocenters. The molecule has 1 amide bonds. The fourth-order valence-corrected chi connectivity index (χ4v) is 2.43. The normalized spacial score (nSPS) is 11.5. The average Bonchev–Trinajstić information content (AvgIpc) is 3.24. The third-order valence-electron chi connectivity index (χ3n) is 2.94. The molecule has 2 heterocycles. The molecule has 0 aliphatic rings. The number of amides is 1. The second-order valence-corrected chi connectivity index (χ2v) is 5.69. The molecule has 0 spiro atoms. The van der Waals surface area contributed by atoms with E-state index in [1.807, 2.05) is 0 Å². The minimum Gasteiger partial charge on any atom is -0.459 e.